The third-order valence-electron chi connectivity index (χ3n) is 8.34. The van der Waals surface area contributed by atoms with E-state index < -0.39 is 29.5 Å². The highest BCUT2D eigenvalue weighted by atomic mass is 35.5. The van der Waals surface area contributed by atoms with E-state index >= 15 is 0 Å². The number of halogens is 1. The Bertz CT molecular complexity index is 1620. The number of aromatic nitrogens is 3. The van der Waals surface area contributed by atoms with Crippen LogP contribution in [0.5, 0.6) is 11.5 Å². The summed E-state index contributed by atoms with van der Waals surface area (Å²) in [5.74, 6) is -0.402. The summed E-state index contributed by atoms with van der Waals surface area (Å²) in [6, 6.07) is 5.70. The Labute approximate surface area is 266 Å². The first-order valence-electron chi connectivity index (χ1n) is 15.1. The van der Waals surface area contributed by atoms with E-state index in [0.717, 1.165) is 25.0 Å². The molecule has 3 amide bonds. The molecule has 2 aliphatic rings. The third kappa shape index (κ3) is 6.85. The summed E-state index contributed by atoms with van der Waals surface area (Å²) in [7, 11) is 3.19. The lowest BCUT2D eigenvalue weighted by Crippen LogP contribution is -2.55. The summed E-state index contributed by atoms with van der Waals surface area (Å²) >= 11 is 6.67. The van der Waals surface area contributed by atoms with Gasteiger partial charge in [0.1, 0.15) is 28.1 Å². The summed E-state index contributed by atoms with van der Waals surface area (Å²) < 4.78 is 13.3. The molecule has 0 spiro atoms. The van der Waals surface area contributed by atoms with Gasteiger partial charge in [0.15, 0.2) is 5.82 Å². The number of nitrogens with one attached hydrogen (secondary N) is 2. The Hall–Kier alpha value is -4.32. The lowest BCUT2D eigenvalue weighted by Gasteiger charge is -2.25. The summed E-state index contributed by atoms with van der Waals surface area (Å²) in [6.45, 7) is 4.64. The van der Waals surface area contributed by atoms with Crippen LogP contribution in [0.4, 0.5) is 4.79 Å². The topological polar surface area (TPSA) is 148 Å². The molecule has 240 valence electrons. The highest BCUT2D eigenvalue weighted by molar-refractivity contribution is 6.36. The van der Waals surface area contributed by atoms with E-state index in [1.807, 2.05) is 38.3 Å². The summed E-state index contributed by atoms with van der Waals surface area (Å²) in [6.07, 6.45) is 8.43. The zero-order valence-corrected chi connectivity index (χ0v) is 26.6. The first-order chi connectivity index (χ1) is 21.5. The van der Waals surface area contributed by atoms with Gasteiger partial charge < -0.3 is 30.1 Å². The number of hydrogen-bond donors (Lipinski definition) is 3. The van der Waals surface area contributed by atoms with Crippen molar-refractivity contribution < 1.29 is 29.0 Å². The second-order valence-electron chi connectivity index (χ2n) is 11.9. The predicted molar refractivity (Wildman–Crippen MR) is 169 cm³/mol. The van der Waals surface area contributed by atoms with Gasteiger partial charge in [0.2, 0.25) is 5.91 Å². The van der Waals surface area contributed by atoms with Gasteiger partial charge in [0.25, 0.3) is 0 Å². The lowest BCUT2D eigenvalue weighted by molar-refractivity contribution is -0.143. The average Bonchev–Trinajstić information content (AvgIpc) is 3.47. The van der Waals surface area contributed by atoms with Gasteiger partial charge in [-0.15, -0.1) is 0 Å². The Balaban J connectivity index is 1.42. The van der Waals surface area contributed by atoms with Gasteiger partial charge in [-0.2, -0.15) is 5.10 Å². The van der Waals surface area contributed by atoms with Crippen molar-refractivity contribution in [2.24, 2.45) is 5.92 Å². The molecule has 3 unspecified atom stereocenters. The number of aliphatic carboxylic acids is 1. The molecular weight excluding hydrogens is 600 g/mol. The van der Waals surface area contributed by atoms with Gasteiger partial charge in [-0.25, -0.2) is 19.3 Å². The number of nitrogens with zero attached hydrogens (tertiary/aromatic N) is 4. The number of fused-ring (bicyclic) bond motifs is 2. The van der Waals surface area contributed by atoms with Gasteiger partial charge in [0.05, 0.1) is 24.9 Å². The van der Waals surface area contributed by atoms with E-state index in [1.54, 1.807) is 29.9 Å². The number of benzene rings is 1. The van der Waals surface area contributed by atoms with E-state index in [9.17, 15) is 19.5 Å². The molecule has 2 aromatic heterocycles. The number of carbonyl (C=O) groups is 3. The van der Waals surface area contributed by atoms with Crippen LogP contribution in [0.3, 0.4) is 0 Å². The molecule has 3 N–H and O–H groups in total. The number of hydrogen-bond acceptors (Lipinski definition) is 7. The van der Waals surface area contributed by atoms with Crippen LogP contribution in [-0.4, -0.2) is 81.6 Å². The Morgan fingerprint density at radius 2 is 2.02 bits per heavy atom. The van der Waals surface area contributed by atoms with E-state index in [4.69, 9.17) is 26.1 Å². The zero-order chi connectivity index (χ0) is 32.3. The van der Waals surface area contributed by atoms with Crippen molar-refractivity contribution in [1.29, 1.82) is 0 Å². The van der Waals surface area contributed by atoms with Crippen LogP contribution in [0.25, 0.3) is 16.7 Å². The largest absolute Gasteiger partial charge is 0.495 e. The molecule has 3 aromatic rings. The molecule has 3 atom stereocenters. The number of carboxylic acids is 1. The van der Waals surface area contributed by atoms with E-state index in [1.165, 1.54) is 12.0 Å². The highest BCUT2D eigenvalue weighted by Crippen LogP contribution is 2.45. The van der Waals surface area contributed by atoms with Crippen LogP contribution in [-0.2, 0) is 9.59 Å². The predicted octanol–water partition coefficient (Wildman–Crippen LogP) is 4.68. The number of pyridine rings is 1. The van der Waals surface area contributed by atoms with Crippen molar-refractivity contribution in [1.82, 2.24) is 30.3 Å². The van der Waals surface area contributed by atoms with Crippen LogP contribution in [0.15, 0.2) is 42.6 Å². The van der Waals surface area contributed by atoms with Crippen molar-refractivity contribution in [2.75, 3.05) is 27.3 Å². The molecule has 1 saturated carbocycles. The fraction of sp³-hybridized carbons (Fsp3) is 0.469. The second-order valence-corrected chi connectivity index (χ2v) is 12.2. The normalized spacial score (nSPS) is 23.1. The number of allylic oxidation sites excluding steroid dienone is 1. The van der Waals surface area contributed by atoms with Gasteiger partial charge in [-0.1, -0.05) is 37.6 Å². The van der Waals surface area contributed by atoms with Crippen LogP contribution in [0.1, 0.15) is 57.6 Å². The molecule has 0 radical (unpaired) electrons. The van der Waals surface area contributed by atoms with Crippen LogP contribution >= 0.6 is 11.6 Å². The van der Waals surface area contributed by atoms with Crippen LogP contribution in [0.2, 0.25) is 5.02 Å². The first-order valence-corrected chi connectivity index (χ1v) is 15.5. The van der Waals surface area contributed by atoms with Crippen molar-refractivity contribution in [3.8, 4) is 17.3 Å². The number of methoxy groups -OCH3 is 1. The molecule has 1 aliphatic heterocycles. The van der Waals surface area contributed by atoms with Crippen molar-refractivity contribution in [3.05, 3.63) is 53.3 Å². The second kappa shape index (κ2) is 13.4. The molecule has 3 heterocycles. The van der Waals surface area contributed by atoms with E-state index in [2.05, 4.69) is 15.7 Å². The Morgan fingerprint density at radius 1 is 1.22 bits per heavy atom. The average molecular weight is 639 g/mol. The van der Waals surface area contributed by atoms with Gasteiger partial charge in [-0.3, -0.25) is 4.79 Å². The number of carboxylic acid groups (broad SMARTS) is 1. The van der Waals surface area contributed by atoms with Crippen molar-refractivity contribution >= 4 is 40.4 Å². The summed E-state index contributed by atoms with van der Waals surface area (Å²) in [5, 5.41) is 21.1. The van der Waals surface area contributed by atoms with Crippen molar-refractivity contribution in [2.45, 2.75) is 63.5 Å². The molecular formula is C32H39ClN6O6. The van der Waals surface area contributed by atoms with E-state index in [-0.39, 0.29) is 24.9 Å². The maximum atomic E-state index is 13.5. The summed E-state index contributed by atoms with van der Waals surface area (Å²) in [4.78, 5) is 45.0. The number of amides is 3. The fourth-order valence-corrected chi connectivity index (χ4v) is 5.71. The maximum absolute atomic E-state index is 13.5. The number of urea groups is 1. The SMILES string of the molecule is COc1ccc2c(OCCC3NC(=O)N(C)CCCC/C=C/C4CC4(C(=O)O)NC3=O)cc(-n3ccc(C(C)C)n3)nc2c1Cl. The number of carbonyl (C=O) groups excluding carboxylic acids is 2. The smallest absolute Gasteiger partial charge is 0.330 e. The fourth-order valence-electron chi connectivity index (χ4n) is 5.42. The lowest BCUT2D eigenvalue weighted by atomic mass is 10.1. The maximum Gasteiger partial charge on any atom is 0.330 e. The zero-order valence-electron chi connectivity index (χ0n) is 25.9. The molecule has 1 aromatic carbocycles. The summed E-state index contributed by atoms with van der Waals surface area (Å²) in [5.41, 5.74) is -0.0471. The van der Waals surface area contributed by atoms with Gasteiger partial charge in [0, 0.05) is 43.6 Å². The van der Waals surface area contributed by atoms with Gasteiger partial charge in [-0.05, 0) is 49.8 Å². The highest BCUT2D eigenvalue weighted by Gasteiger charge is 2.60. The minimum Gasteiger partial charge on any atom is -0.495 e. The number of ether oxygens (including phenoxy) is 2. The third-order valence-corrected chi connectivity index (χ3v) is 8.70. The number of rotatable bonds is 8. The minimum absolute atomic E-state index is 0.0179. The monoisotopic (exact) mass is 638 g/mol. The molecule has 45 heavy (non-hydrogen) atoms. The molecule has 0 saturated heterocycles. The molecule has 1 aliphatic carbocycles. The molecule has 12 nitrogen and oxygen atoms in total. The first kappa shape index (κ1) is 32.1. The van der Waals surface area contributed by atoms with E-state index in [0.29, 0.717) is 46.2 Å². The van der Waals surface area contributed by atoms with Crippen LogP contribution in [0, 0.1) is 5.92 Å². The Kier molecular flexibility index (Phi) is 9.52. The molecule has 5 rings (SSSR count). The Morgan fingerprint density at radius 3 is 2.73 bits per heavy atom. The molecule has 13 heteroatoms. The molecule has 1 fully saturated rings. The van der Waals surface area contributed by atoms with Crippen molar-refractivity contribution in [3.63, 3.8) is 0 Å². The van der Waals surface area contributed by atoms with Crippen LogP contribution < -0.4 is 20.1 Å². The standard InChI is InChI=1S/C32H39ClN6O6/c1-19(2)22-12-15-39(37-22)26-17-25(21-10-11-24(44-4)27(33)28(21)35-26)45-16-13-23-29(40)36-32(30(41)42)18-20(32)9-7-5-6-8-14-38(3)31(43)34-23/h7,9-12,15,17,19-20,23H,5-6,8,13-14,16,18H2,1-4H3,(H,34,43)(H,36,40)(H,41,42)/b9-7+. The quantitative estimate of drug-likeness (QED) is 0.301. The van der Waals surface area contributed by atoms with Gasteiger partial charge >= 0.3 is 12.0 Å². The molecule has 0 bridgehead atoms. The minimum atomic E-state index is -1.39.